The predicted octanol–water partition coefficient (Wildman–Crippen LogP) is 2.07. The lowest BCUT2D eigenvalue weighted by molar-refractivity contribution is -0.140. The summed E-state index contributed by atoms with van der Waals surface area (Å²) in [5.74, 6) is 0.357. The van der Waals surface area contributed by atoms with Gasteiger partial charge in [-0.25, -0.2) is 4.79 Å². The SMILES string of the molecule is CC=C(C)C(=O)OC(S)CCS. The zero-order valence-corrected chi connectivity index (χ0v) is 9.07. The molecule has 0 aliphatic rings. The number of rotatable bonds is 4. The maximum absolute atomic E-state index is 11.1. The number of carbonyl (C=O) groups is 1. The molecule has 0 saturated heterocycles. The van der Waals surface area contributed by atoms with Crippen molar-refractivity contribution in [3.63, 3.8) is 0 Å². The van der Waals surface area contributed by atoms with Gasteiger partial charge in [0.25, 0.3) is 0 Å². The summed E-state index contributed by atoms with van der Waals surface area (Å²) in [5.41, 5.74) is 0.262. The Morgan fingerprint density at radius 3 is 2.67 bits per heavy atom. The minimum atomic E-state index is -0.343. The van der Waals surface area contributed by atoms with Gasteiger partial charge < -0.3 is 4.74 Å². The molecule has 12 heavy (non-hydrogen) atoms. The number of carbonyl (C=O) groups excluding carboxylic acids is 1. The molecule has 0 radical (unpaired) electrons. The minimum Gasteiger partial charge on any atom is -0.448 e. The first-order chi connectivity index (χ1) is 5.61. The van der Waals surface area contributed by atoms with Crippen LogP contribution in [-0.4, -0.2) is 17.2 Å². The molecule has 0 aliphatic carbocycles. The Balaban J connectivity index is 3.84. The predicted molar refractivity (Wildman–Crippen MR) is 56.8 cm³/mol. The van der Waals surface area contributed by atoms with Crippen LogP contribution in [0, 0.1) is 0 Å². The number of hydrogen-bond donors (Lipinski definition) is 2. The fraction of sp³-hybridized carbons (Fsp3) is 0.625. The van der Waals surface area contributed by atoms with Crippen LogP contribution in [0.5, 0.6) is 0 Å². The second-order valence-electron chi connectivity index (χ2n) is 2.34. The highest BCUT2D eigenvalue weighted by atomic mass is 32.1. The normalized spacial score (nSPS) is 14.2. The molecule has 0 saturated carbocycles. The Hall–Kier alpha value is -0.0900. The zero-order valence-electron chi connectivity index (χ0n) is 7.28. The quantitative estimate of drug-likeness (QED) is 0.319. The number of thiol groups is 2. The summed E-state index contributed by atoms with van der Waals surface area (Å²) < 4.78 is 4.95. The molecule has 0 rings (SSSR count). The molecule has 70 valence electrons. The van der Waals surface area contributed by atoms with Crippen LogP contribution in [-0.2, 0) is 9.53 Å². The van der Waals surface area contributed by atoms with E-state index in [4.69, 9.17) is 4.74 Å². The molecule has 1 unspecified atom stereocenters. The monoisotopic (exact) mass is 206 g/mol. The van der Waals surface area contributed by atoms with E-state index in [0.717, 1.165) is 0 Å². The molecule has 0 amide bonds. The van der Waals surface area contributed by atoms with E-state index in [1.54, 1.807) is 19.9 Å². The van der Waals surface area contributed by atoms with E-state index >= 15 is 0 Å². The largest absolute Gasteiger partial charge is 0.448 e. The lowest BCUT2D eigenvalue weighted by atomic mass is 10.3. The average Bonchev–Trinajstić information content (AvgIpc) is 2.03. The fourth-order valence-corrected chi connectivity index (χ4v) is 1.17. The summed E-state index contributed by atoms with van der Waals surface area (Å²) in [6.45, 7) is 3.51. The molecule has 1 atom stereocenters. The molecule has 0 spiro atoms. The molecule has 0 bridgehead atoms. The smallest absolute Gasteiger partial charge is 0.334 e. The van der Waals surface area contributed by atoms with Gasteiger partial charge in [0.05, 0.1) is 0 Å². The number of ether oxygens (including phenoxy) is 1. The van der Waals surface area contributed by atoms with E-state index in [1.807, 2.05) is 0 Å². The van der Waals surface area contributed by atoms with Gasteiger partial charge in [-0.2, -0.15) is 12.6 Å². The fourth-order valence-electron chi connectivity index (χ4n) is 0.504. The van der Waals surface area contributed by atoms with Crippen molar-refractivity contribution in [2.24, 2.45) is 0 Å². The second-order valence-corrected chi connectivity index (χ2v) is 3.37. The van der Waals surface area contributed by atoms with Crippen LogP contribution in [0.2, 0.25) is 0 Å². The van der Waals surface area contributed by atoms with Crippen molar-refractivity contribution in [3.8, 4) is 0 Å². The third-order valence-corrected chi connectivity index (χ3v) is 2.00. The third-order valence-electron chi connectivity index (χ3n) is 1.37. The standard InChI is InChI=1S/C8H14O2S2/c1-3-6(2)8(9)10-7(12)4-5-11/h3,7,11-12H,4-5H2,1-2H3. The molecule has 0 heterocycles. The third kappa shape index (κ3) is 4.72. The first-order valence-corrected chi connectivity index (χ1v) is 4.89. The van der Waals surface area contributed by atoms with Gasteiger partial charge in [0, 0.05) is 12.0 Å². The lowest BCUT2D eigenvalue weighted by Crippen LogP contribution is -2.13. The van der Waals surface area contributed by atoms with Crippen LogP contribution in [0.4, 0.5) is 0 Å². The van der Waals surface area contributed by atoms with Crippen molar-refractivity contribution in [1.29, 1.82) is 0 Å². The molecule has 0 aromatic carbocycles. The Labute approximate surface area is 84.2 Å². The summed E-state index contributed by atoms with van der Waals surface area (Å²) in [6.07, 6.45) is 2.37. The van der Waals surface area contributed by atoms with E-state index in [1.165, 1.54) is 0 Å². The Morgan fingerprint density at radius 1 is 1.67 bits per heavy atom. The van der Waals surface area contributed by atoms with Gasteiger partial charge in [0.1, 0.15) is 5.44 Å². The number of hydrogen-bond acceptors (Lipinski definition) is 4. The molecule has 2 nitrogen and oxygen atoms in total. The van der Waals surface area contributed by atoms with Crippen molar-refractivity contribution >= 4 is 31.2 Å². The molecule has 0 fully saturated rings. The van der Waals surface area contributed by atoms with Gasteiger partial charge in [-0.15, -0.1) is 12.6 Å². The summed E-state index contributed by atoms with van der Waals surface area (Å²) in [7, 11) is 0. The van der Waals surface area contributed by atoms with Crippen molar-refractivity contribution in [2.75, 3.05) is 5.75 Å². The minimum absolute atomic E-state index is 0.306. The summed E-state index contributed by atoms with van der Waals surface area (Å²) >= 11 is 8.07. The van der Waals surface area contributed by atoms with Crippen LogP contribution in [0.15, 0.2) is 11.6 Å². The first-order valence-electron chi connectivity index (χ1n) is 3.74. The highest BCUT2D eigenvalue weighted by Crippen LogP contribution is 2.07. The van der Waals surface area contributed by atoms with Crippen molar-refractivity contribution in [2.45, 2.75) is 25.7 Å². The van der Waals surface area contributed by atoms with Gasteiger partial charge in [-0.05, 0) is 19.6 Å². The highest BCUT2D eigenvalue weighted by molar-refractivity contribution is 7.81. The molecule has 0 aliphatic heterocycles. The molecule has 4 heteroatoms. The van der Waals surface area contributed by atoms with Crippen LogP contribution in [0.1, 0.15) is 20.3 Å². The Bertz CT molecular complexity index is 178. The van der Waals surface area contributed by atoms with Crippen LogP contribution in [0.3, 0.4) is 0 Å². The van der Waals surface area contributed by atoms with E-state index in [9.17, 15) is 4.79 Å². The second kappa shape index (κ2) is 6.43. The zero-order chi connectivity index (χ0) is 9.56. The summed E-state index contributed by atoms with van der Waals surface area (Å²) in [6, 6.07) is 0. The van der Waals surface area contributed by atoms with Crippen LogP contribution in [0.25, 0.3) is 0 Å². The molecule has 0 N–H and O–H groups in total. The van der Waals surface area contributed by atoms with E-state index in [-0.39, 0.29) is 11.4 Å². The number of allylic oxidation sites excluding steroid dienone is 1. The van der Waals surface area contributed by atoms with Crippen LogP contribution < -0.4 is 0 Å². The first kappa shape index (κ1) is 11.9. The highest BCUT2D eigenvalue weighted by Gasteiger charge is 2.09. The molecular formula is C8H14O2S2. The van der Waals surface area contributed by atoms with Crippen LogP contribution >= 0.6 is 25.3 Å². The Morgan fingerprint density at radius 2 is 2.25 bits per heavy atom. The maximum atomic E-state index is 11.1. The molecule has 0 aromatic heterocycles. The van der Waals surface area contributed by atoms with E-state index < -0.39 is 0 Å². The van der Waals surface area contributed by atoms with Gasteiger partial charge in [-0.1, -0.05) is 6.08 Å². The number of esters is 1. The topological polar surface area (TPSA) is 26.3 Å². The average molecular weight is 206 g/mol. The maximum Gasteiger partial charge on any atom is 0.334 e. The van der Waals surface area contributed by atoms with E-state index in [0.29, 0.717) is 17.7 Å². The lowest BCUT2D eigenvalue weighted by Gasteiger charge is -2.10. The van der Waals surface area contributed by atoms with Crippen molar-refractivity contribution < 1.29 is 9.53 Å². The van der Waals surface area contributed by atoms with Crippen molar-refractivity contribution in [1.82, 2.24) is 0 Å². The molecular weight excluding hydrogens is 192 g/mol. The Kier molecular flexibility index (Phi) is 6.38. The van der Waals surface area contributed by atoms with Gasteiger partial charge in [0.2, 0.25) is 0 Å². The summed E-state index contributed by atoms with van der Waals surface area (Å²) in [5, 5.41) is 0. The summed E-state index contributed by atoms with van der Waals surface area (Å²) in [4.78, 5) is 11.1. The molecule has 0 aromatic rings. The van der Waals surface area contributed by atoms with Gasteiger partial charge in [-0.3, -0.25) is 0 Å². The van der Waals surface area contributed by atoms with Gasteiger partial charge in [0.15, 0.2) is 0 Å². The van der Waals surface area contributed by atoms with Crippen molar-refractivity contribution in [3.05, 3.63) is 11.6 Å². The van der Waals surface area contributed by atoms with Gasteiger partial charge >= 0.3 is 5.97 Å². The van der Waals surface area contributed by atoms with E-state index in [2.05, 4.69) is 25.3 Å².